The van der Waals surface area contributed by atoms with E-state index in [9.17, 15) is 9.18 Å². The minimum atomic E-state index is -0.580. The van der Waals surface area contributed by atoms with Crippen LogP contribution in [0.4, 0.5) is 15.2 Å². The number of benzene rings is 1. The molecule has 1 N–H and O–H groups in total. The normalized spacial score (nSPS) is 9.90. The third kappa shape index (κ3) is 2.75. The van der Waals surface area contributed by atoms with E-state index in [1.165, 1.54) is 25.3 Å². The predicted octanol–water partition coefficient (Wildman–Crippen LogP) is 2.99. The van der Waals surface area contributed by atoms with Crippen molar-refractivity contribution in [1.29, 1.82) is 5.26 Å². The van der Waals surface area contributed by atoms with Gasteiger partial charge in [0.1, 0.15) is 16.8 Å². The van der Waals surface area contributed by atoms with E-state index in [0.717, 1.165) is 11.3 Å². The number of rotatable bonds is 3. The molecule has 0 aliphatic rings. The van der Waals surface area contributed by atoms with Gasteiger partial charge in [0.15, 0.2) is 5.13 Å². The van der Waals surface area contributed by atoms with Gasteiger partial charge in [-0.25, -0.2) is 14.2 Å². The number of esters is 1. The Morgan fingerprint density at radius 1 is 1.55 bits per heavy atom. The Bertz CT molecular complexity index is 706. The first-order valence-electron chi connectivity index (χ1n) is 5.57. The summed E-state index contributed by atoms with van der Waals surface area (Å²) in [6.45, 7) is 1.69. The standard InChI is InChI=1S/C13H10FN3O2S/c1-7-11(12(18)19-2)20-13(16-7)17-9-3-4-10(14)8(5-9)6-15/h3-5H,1-2H3,(H,16,17). The SMILES string of the molecule is COC(=O)c1sc(Nc2ccc(F)c(C#N)c2)nc1C. The molecule has 2 aromatic rings. The topological polar surface area (TPSA) is 75.0 Å². The van der Waals surface area contributed by atoms with E-state index < -0.39 is 11.8 Å². The van der Waals surface area contributed by atoms with E-state index in [-0.39, 0.29) is 5.56 Å². The molecule has 0 unspecified atom stereocenters. The van der Waals surface area contributed by atoms with E-state index in [2.05, 4.69) is 15.0 Å². The molecule has 0 amide bonds. The lowest BCUT2D eigenvalue weighted by atomic mass is 10.2. The largest absolute Gasteiger partial charge is 0.465 e. The van der Waals surface area contributed by atoms with Crippen LogP contribution in [0.1, 0.15) is 20.9 Å². The number of hydrogen-bond acceptors (Lipinski definition) is 6. The molecular weight excluding hydrogens is 281 g/mol. The summed E-state index contributed by atoms with van der Waals surface area (Å²) < 4.78 is 17.8. The van der Waals surface area contributed by atoms with Crippen LogP contribution in [0.2, 0.25) is 0 Å². The van der Waals surface area contributed by atoms with Crippen molar-refractivity contribution in [2.45, 2.75) is 6.92 Å². The van der Waals surface area contributed by atoms with Crippen molar-refractivity contribution in [2.75, 3.05) is 12.4 Å². The summed E-state index contributed by atoms with van der Waals surface area (Å²) in [6, 6.07) is 5.83. The molecule has 102 valence electrons. The van der Waals surface area contributed by atoms with Gasteiger partial charge in [-0.1, -0.05) is 11.3 Å². The van der Waals surface area contributed by atoms with E-state index in [1.807, 2.05) is 0 Å². The van der Waals surface area contributed by atoms with Crippen molar-refractivity contribution in [3.63, 3.8) is 0 Å². The molecule has 0 aliphatic carbocycles. The maximum Gasteiger partial charge on any atom is 0.350 e. The van der Waals surface area contributed by atoms with Gasteiger partial charge >= 0.3 is 5.97 Å². The molecule has 1 heterocycles. The zero-order valence-corrected chi connectivity index (χ0v) is 11.5. The van der Waals surface area contributed by atoms with Gasteiger partial charge in [-0.2, -0.15) is 5.26 Å². The minimum Gasteiger partial charge on any atom is -0.465 e. The van der Waals surface area contributed by atoms with Crippen LogP contribution < -0.4 is 5.32 Å². The Balaban J connectivity index is 2.27. The van der Waals surface area contributed by atoms with Crippen LogP contribution in [0.25, 0.3) is 0 Å². The number of nitriles is 1. The molecule has 0 spiro atoms. The lowest BCUT2D eigenvalue weighted by Crippen LogP contribution is -1.99. The lowest BCUT2D eigenvalue weighted by Gasteiger charge is -2.02. The molecule has 0 fully saturated rings. The van der Waals surface area contributed by atoms with Crippen LogP contribution in [0.15, 0.2) is 18.2 Å². The summed E-state index contributed by atoms with van der Waals surface area (Å²) in [4.78, 5) is 16.1. The molecule has 5 nitrogen and oxygen atoms in total. The first-order chi connectivity index (χ1) is 9.55. The van der Waals surface area contributed by atoms with Gasteiger partial charge in [0.05, 0.1) is 18.4 Å². The Kier molecular flexibility index (Phi) is 3.96. The fourth-order valence-electron chi connectivity index (χ4n) is 1.54. The molecule has 0 bridgehead atoms. The van der Waals surface area contributed by atoms with E-state index in [1.54, 1.807) is 13.0 Å². The number of aryl methyl sites for hydroxylation is 1. The average molecular weight is 291 g/mol. The van der Waals surface area contributed by atoms with Gasteiger partial charge in [-0.05, 0) is 25.1 Å². The predicted molar refractivity (Wildman–Crippen MR) is 72.6 cm³/mol. The van der Waals surface area contributed by atoms with E-state index >= 15 is 0 Å². The highest BCUT2D eigenvalue weighted by molar-refractivity contribution is 7.17. The summed E-state index contributed by atoms with van der Waals surface area (Å²) in [5.41, 5.74) is 1.01. The van der Waals surface area contributed by atoms with E-state index in [4.69, 9.17) is 5.26 Å². The van der Waals surface area contributed by atoms with Gasteiger partial charge in [0.2, 0.25) is 0 Å². The first-order valence-corrected chi connectivity index (χ1v) is 6.39. The number of anilines is 2. The number of aromatic nitrogens is 1. The third-order valence-electron chi connectivity index (χ3n) is 2.51. The van der Waals surface area contributed by atoms with Crippen LogP contribution in [0, 0.1) is 24.1 Å². The number of carbonyl (C=O) groups is 1. The van der Waals surface area contributed by atoms with Crippen molar-refractivity contribution in [3.8, 4) is 6.07 Å². The third-order valence-corrected chi connectivity index (χ3v) is 3.56. The van der Waals surface area contributed by atoms with Gasteiger partial charge in [-0.15, -0.1) is 0 Å². The van der Waals surface area contributed by atoms with Crippen LogP contribution in [-0.4, -0.2) is 18.1 Å². The minimum absolute atomic E-state index is 0.0588. The van der Waals surface area contributed by atoms with Crippen molar-refractivity contribution in [1.82, 2.24) is 4.98 Å². The fourth-order valence-corrected chi connectivity index (χ4v) is 2.45. The fraction of sp³-hybridized carbons (Fsp3) is 0.154. The molecule has 2 rings (SSSR count). The van der Waals surface area contributed by atoms with Crippen LogP contribution in [-0.2, 0) is 4.74 Å². The number of ether oxygens (including phenoxy) is 1. The summed E-state index contributed by atoms with van der Waals surface area (Å²) in [5, 5.41) is 12.2. The highest BCUT2D eigenvalue weighted by Crippen LogP contribution is 2.27. The Hall–Kier alpha value is -2.46. The smallest absolute Gasteiger partial charge is 0.350 e. The monoisotopic (exact) mass is 291 g/mol. The van der Waals surface area contributed by atoms with Crippen molar-refractivity contribution in [3.05, 3.63) is 40.2 Å². The molecule has 0 saturated carbocycles. The molecular formula is C13H10FN3O2S. The van der Waals surface area contributed by atoms with Gasteiger partial charge in [-0.3, -0.25) is 0 Å². The van der Waals surface area contributed by atoms with Crippen LogP contribution >= 0.6 is 11.3 Å². The quantitative estimate of drug-likeness (QED) is 0.880. The summed E-state index contributed by atoms with van der Waals surface area (Å²) in [7, 11) is 1.30. The van der Waals surface area contributed by atoms with E-state index in [0.29, 0.717) is 21.4 Å². The molecule has 0 saturated heterocycles. The summed E-state index contributed by atoms with van der Waals surface area (Å²) in [6.07, 6.45) is 0. The molecule has 7 heteroatoms. The number of carbonyl (C=O) groups excluding carboxylic acids is 1. The average Bonchev–Trinajstić information content (AvgIpc) is 2.80. The number of halogens is 1. The highest BCUT2D eigenvalue weighted by Gasteiger charge is 2.15. The van der Waals surface area contributed by atoms with Crippen molar-refractivity contribution >= 4 is 28.1 Å². The molecule has 0 aliphatic heterocycles. The second kappa shape index (κ2) is 5.67. The lowest BCUT2D eigenvalue weighted by molar-refractivity contribution is 0.0605. The number of methoxy groups -OCH3 is 1. The van der Waals surface area contributed by atoms with Crippen molar-refractivity contribution < 1.29 is 13.9 Å². The molecule has 1 aromatic carbocycles. The number of thiazole rings is 1. The van der Waals surface area contributed by atoms with Gasteiger partial charge < -0.3 is 10.1 Å². The first kappa shape index (κ1) is 14.0. The molecule has 20 heavy (non-hydrogen) atoms. The zero-order chi connectivity index (χ0) is 14.7. The number of nitrogens with one attached hydrogen (secondary N) is 1. The Morgan fingerprint density at radius 3 is 2.95 bits per heavy atom. The Labute approximate surface area is 118 Å². The second-order valence-electron chi connectivity index (χ2n) is 3.86. The molecule has 1 aromatic heterocycles. The highest BCUT2D eigenvalue weighted by atomic mass is 32.1. The summed E-state index contributed by atoms with van der Waals surface area (Å²) >= 11 is 1.13. The molecule has 0 atom stereocenters. The number of nitrogens with zero attached hydrogens (tertiary/aromatic N) is 2. The van der Waals surface area contributed by atoms with Gasteiger partial charge in [0.25, 0.3) is 0 Å². The Morgan fingerprint density at radius 2 is 2.30 bits per heavy atom. The van der Waals surface area contributed by atoms with Crippen LogP contribution in [0.3, 0.4) is 0 Å². The zero-order valence-electron chi connectivity index (χ0n) is 10.7. The maximum absolute atomic E-state index is 13.2. The maximum atomic E-state index is 13.2. The van der Waals surface area contributed by atoms with Crippen molar-refractivity contribution in [2.24, 2.45) is 0 Å². The van der Waals surface area contributed by atoms with Gasteiger partial charge in [0, 0.05) is 5.69 Å². The summed E-state index contributed by atoms with van der Waals surface area (Å²) in [5.74, 6) is -1.03. The second-order valence-corrected chi connectivity index (χ2v) is 4.86. The number of hydrogen-bond donors (Lipinski definition) is 1. The molecule has 0 radical (unpaired) electrons. The van der Waals surface area contributed by atoms with Crippen LogP contribution in [0.5, 0.6) is 0 Å².